The highest BCUT2D eigenvalue weighted by atomic mass is 35.5. The average Bonchev–Trinajstić information content (AvgIpc) is 3.10. The monoisotopic (exact) mass is 428 g/mol. The fourth-order valence-corrected chi connectivity index (χ4v) is 2.80. The van der Waals surface area contributed by atoms with Crippen LogP contribution in [0, 0.1) is 12.3 Å². The van der Waals surface area contributed by atoms with Crippen molar-refractivity contribution in [3.05, 3.63) is 69.1 Å². The molecule has 0 saturated carbocycles. The number of nitrogens with zero attached hydrogens (tertiary/aromatic N) is 2. The third-order valence-electron chi connectivity index (χ3n) is 4.32. The van der Waals surface area contributed by atoms with Crippen LogP contribution in [0.25, 0.3) is 17.1 Å². The molecular formula is C23H29ClN4O2. The van der Waals surface area contributed by atoms with Crippen LogP contribution in [0.2, 0.25) is 5.02 Å². The number of halogens is 1. The van der Waals surface area contributed by atoms with Crippen LogP contribution in [-0.2, 0) is 11.3 Å². The molecule has 160 valence electrons. The quantitative estimate of drug-likeness (QED) is 0.621. The highest BCUT2D eigenvalue weighted by Gasteiger charge is 2.20. The van der Waals surface area contributed by atoms with E-state index in [0.717, 1.165) is 16.7 Å². The van der Waals surface area contributed by atoms with E-state index in [1.54, 1.807) is 12.1 Å². The molecule has 0 saturated heterocycles. The number of hydrogen-bond donors (Lipinski definition) is 2. The summed E-state index contributed by atoms with van der Waals surface area (Å²) in [7, 11) is 0. The first-order valence-corrected chi connectivity index (χ1v) is 10.4. The van der Waals surface area contributed by atoms with Crippen molar-refractivity contribution in [3.63, 3.8) is 0 Å². The first kappa shape index (κ1) is 23.4. The number of amides is 1. The lowest BCUT2D eigenvalue weighted by Crippen LogP contribution is -2.34. The number of nitrogens with one attached hydrogen (secondary N) is 2. The topological polar surface area (TPSA) is 79.8 Å². The molecule has 0 fully saturated rings. The number of H-pyrrole nitrogens is 1. The van der Waals surface area contributed by atoms with Crippen molar-refractivity contribution >= 4 is 17.5 Å². The van der Waals surface area contributed by atoms with E-state index in [9.17, 15) is 9.59 Å². The fourth-order valence-electron chi connectivity index (χ4n) is 2.61. The first-order valence-electron chi connectivity index (χ1n) is 9.98. The number of aryl methyl sites for hydroxylation is 1. The molecule has 0 bridgehead atoms. The molecule has 0 aliphatic carbocycles. The Balaban J connectivity index is 0.00000155. The van der Waals surface area contributed by atoms with Crippen molar-refractivity contribution in [2.45, 2.75) is 48.1 Å². The summed E-state index contributed by atoms with van der Waals surface area (Å²) in [6.07, 6.45) is 0. The SMILES string of the molecule is CC.Cc1ccc(-c2nn(-c3cc(CNC(=O)C(C)(C)C)ccc3Cl)c(=O)[nH]2)cc1. The molecule has 1 heterocycles. The second-order valence-corrected chi connectivity index (χ2v) is 8.18. The summed E-state index contributed by atoms with van der Waals surface area (Å²) in [5, 5.41) is 7.68. The first-order chi connectivity index (χ1) is 14.1. The van der Waals surface area contributed by atoms with Crippen molar-refractivity contribution in [2.24, 2.45) is 5.41 Å². The van der Waals surface area contributed by atoms with E-state index in [0.29, 0.717) is 23.1 Å². The van der Waals surface area contributed by atoms with Gasteiger partial charge in [-0.1, -0.05) is 82.1 Å². The molecule has 2 aromatic carbocycles. The maximum absolute atomic E-state index is 12.5. The van der Waals surface area contributed by atoms with Gasteiger partial charge in [-0.05, 0) is 24.6 Å². The highest BCUT2D eigenvalue weighted by molar-refractivity contribution is 6.32. The zero-order valence-corrected chi connectivity index (χ0v) is 19.1. The fraction of sp³-hybridized carbons (Fsp3) is 0.348. The second kappa shape index (κ2) is 9.76. The number of hydrogen-bond acceptors (Lipinski definition) is 3. The van der Waals surface area contributed by atoms with E-state index in [1.807, 2.05) is 71.9 Å². The van der Waals surface area contributed by atoms with Crippen molar-refractivity contribution in [2.75, 3.05) is 0 Å². The van der Waals surface area contributed by atoms with Crippen molar-refractivity contribution in [1.29, 1.82) is 0 Å². The minimum Gasteiger partial charge on any atom is -0.352 e. The van der Waals surface area contributed by atoms with Gasteiger partial charge in [-0.3, -0.25) is 9.78 Å². The van der Waals surface area contributed by atoms with E-state index in [-0.39, 0.29) is 11.6 Å². The average molecular weight is 429 g/mol. The maximum atomic E-state index is 12.5. The number of aromatic nitrogens is 3. The summed E-state index contributed by atoms with van der Waals surface area (Å²) in [6, 6.07) is 13.0. The van der Waals surface area contributed by atoms with Gasteiger partial charge in [0, 0.05) is 17.5 Å². The third-order valence-corrected chi connectivity index (χ3v) is 4.64. The van der Waals surface area contributed by atoms with Crippen molar-refractivity contribution < 1.29 is 4.79 Å². The molecule has 3 rings (SSSR count). The van der Waals surface area contributed by atoms with E-state index >= 15 is 0 Å². The Bertz CT molecular complexity index is 1060. The van der Waals surface area contributed by atoms with E-state index in [4.69, 9.17) is 11.6 Å². The number of benzene rings is 2. The van der Waals surface area contributed by atoms with E-state index in [1.165, 1.54) is 4.68 Å². The predicted molar refractivity (Wildman–Crippen MR) is 122 cm³/mol. The van der Waals surface area contributed by atoms with E-state index in [2.05, 4.69) is 15.4 Å². The Morgan fingerprint density at radius 3 is 2.37 bits per heavy atom. The minimum atomic E-state index is -0.475. The van der Waals surface area contributed by atoms with Gasteiger partial charge in [0.2, 0.25) is 5.91 Å². The van der Waals surface area contributed by atoms with Crippen LogP contribution in [0.4, 0.5) is 0 Å². The lowest BCUT2D eigenvalue weighted by Gasteiger charge is -2.17. The third kappa shape index (κ3) is 5.60. The van der Waals surface area contributed by atoms with Gasteiger partial charge in [-0.2, -0.15) is 4.68 Å². The smallest absolute Gasteiger partial charge is 0.348 e. The van der Waals surface area contributed by atoms with Gasteiger partial charge in [0.1, 0.15) is 0 Å². The molecule has 0 atom stereocenters. The largest absolute Gasteiger partial charge is 0.352 e. The van der Waals surface area contributed by atoms with Gasteiger partial charge >= 0.3 is 5.69 Å². The van der Waals surface area contributed by atoms with Gasteiger partial charge in [-0.25, -0.2) is 4.79 Å². The lowest BCUT2D eigenvalue weighted by atomic mass is 9.95. The molecule has 0 spiro atoms. The summed E-state index contributed by atoms with van der Waals surface area (Å²) in [6.45, 7) is 11.9. The van der Waals surface area contributed by atoms with Gasteiger partial charge in [-0.15, -0.1) is 5.10 Å². The lowest BCUT2D eigenvalue weighted by molar-refractivity contribution is -0.128. The van der Waals surface area contributed by atoms with Gasteiger partial charge < -0.3 is 5.32 Å². The minimum absolute atomic E-state index is 0.0532. The van der Waals surface area contributed by atoms with Crippen LogP contribution in [0.15, 0.2) is 47.3 Å². The number of rotatable bonds is 4. The Morgan fingerprint density at radius 1 is 1.13 bits per heavy atom. The molecule has 0 aliphatic heterocycles. The number of aromatic amines is 1. The molecule has 1 amide bonds. The van der Waals surface area contributed by atoms with Crippen LogP contribution in [0.1, 0.15) is 45.7 Å². The summed E-state index contributed by atoms with van der Waals surface area (Å²) >= 11 is 6.31. The van der Waals surface area contributed by atoms with Gasteiger partial charge in [0.05, 0.1) is 10.7 Å². The standard InChI is InChI=1S/C21H23ClN4O2.C2H6/c1-13-5-8-15(9-6-13)18-24-20(28)26(25-18)17-11-14(7-10-16(17)22)12-23-19(27)21(2,3)4;1-2/h5-11H,12H2,1-4H3,(H,23,27)(H,24,25,28);1-2H3. The zero-order chi connectivity index (χ0) is 22.5. The predicted octanol–water partition coefficient (Wildman–Crippen LogP) is 4.88. The summed E-state index contributed by atoms with van der Waals surface area (Å²) in [5.74, 6) is 0.412. The van der Waals surface area contributed by atoms with Crippen LogP contribution >= 0.6 is 11.6 Å². The number of carbonyl (C=O) groups is 1. The number of carbonyl (C=O) groups excluding carboxylic acids is 1. The van der Waals surface area contributed by atoms with Crippen LogP contribution in [0.3, 0.4) is 0 Å². The van der Waals surface area contributed by atoms with Gasteiger partial charge in [0.25, 0.3) is 0 Å². The Kier molecular flexibility index (Phi) is 7.62. The second-order valence-electron chi connectivity index (χ2n) is 7.78. The Hall–Kier alpha value is -2.86. The molecule has 6 nitrogen and oxygen atoms in total. The normalized spacial score (nSPS) is 10.9. The van der Waals surface area contributed by atoms with Crippen molar-refractivity contribution in [1.82, 2.24) is 20.1 Å². The summed E-state index contributed by atoms with van der Waals surface area (Å²) < 4.78 is 1.24. The zero-order valence-electron chi connectivity index (χ0n) is 18.3. The summed E-state index contributed by atoms with van der Waals surface area (Å²) in [5.41, 5.74) is 2.36. The molecule has 2 N–H and O–H groups in total. The molecule has 1 aromatic heterocycles. The van der Waals surface area contributed by atoms with Crippen molar-refractivity contribution in [3.8, 4) is 17.1 Å². The molecule has 0 aliphatic rings. The molecule has 0 radical (unpaired) electrons. The van der Waals surface area contributed by atoms with Crippen LogP contribution in [0.5, 0.6) is 0 Å². The molecular weight excluding hydrogens is 400 g/mol. The summed E-state index contributed by atoms with van der Waals surface area (Å²) in [4.78, 5) is 27.3. The molecule has 30 heavy (non-hydrogen) atoms. The molecule has 7 heteroatoms. The highest BCUT2D eigenvalue weighted by Crippen LogP contribution is 2.22. The Morgan fingerprint density at radius 2 is 1.77 bits per heavy atom. The van der Waals surface area contributed by atoms with Crippen LogP contribution < -0.4 is 11.0 Å². The van der Waals surface area contributed by atoms with Gasteiger partial charge in [0.15, 0.2) is 5.82 Å². The molecule has 0 unspecified atom stereocenters. The molecule has 3 aromatic rings. The van der Waals surface area contributed by atoms with Crippen LogP contribution in [-0.4, -0.2) is 20.7 Å². The Labute approximate surface area is 182 Å². The maximum Gasteiger partial charge on any atom is 0.348 e. The van der Waals surface area contributed by atoms with E-state index < -0.39 is 5.41 Å².